The Hall–Kier alpha value is -4.02. The Bertz CT molecular complexity index is 1310. The summed E-state index contributed by atoms with van der Waals surface area (Å²) in [4.78, 5) is 41.5. The van der Waals surface area contributed by atoms with Crippen LogP contribution in [0.15, 0.2) is 53.7 Å². The molecule has 2 amide bonds. The Morgan fingerprint density at radius 2 is 1.53 bits per heavy atom. The number of halogens is 3. The number of Topliss-reactive ketones (excluding diaryl/α,β-unsaturated/α-hetero) is 1. The van der Waals surface area contributed by atoms with Gasteiger partial charge in [-0.05, 0) is 36.1 Å². The molecule has 202 valence electrons. The largest absolute Gasteiger partial charge is 0.493 e. The molecule has 1 heterocycles. The smallest absolute Gasteiger partial charge is 0.425 e. The highest BCUT2D eigenvalue weighted by molar-refractivity contribution is 6.21. The molecule has 1 atom stereocenters. The fourth-order valence-electron chi connectivity index (χ4n) is 5.06. The van der Waals surface area contributed by atoms with Gasteiger partial charge in [0.05, 0.1) is 26.9 Å². The van der Waals surface area contributed by atoms with E-state index in [-0.39, 0.29) is 47.0 Å². The Labute approximate surface area is 217 Å². The van der Waals surface area contributed by atoms with Crippen molar-refractivity contribution in [1.29, 1.82) is 0 Å². The molecule has 1 N–H and O–H groups in total. The number of rotatable bonds is 6. The number of hydrogen-bond donors (Lipinski definition) is 1. The molecule has 0 unspecified atom stereocenters. The third-order valence-electron chi connectivity index (χ3n) is 6.69. The van der Waals surface area contributed by atoms with Gasteiger partial charge in [0, 0.05) is 23.4 Å². The molecule has 0 spiro atoms. The van der Waals surface area contributed by atoms with Crippen LogP contribution >= 0.6 is 0 Å². The number of methoxy groups -OCH3 is 3. The highest BCUT2D eigenvalue weighted by atomic mass is 19.4. The van der Waals surface area contributed by atoms with E-state index in [0.717, 1.165) is 17.0 Å². The first kappa shape index (κ1) is 27.0. The topological polar surface area (TPSA) is 94.2 Å². The molecule has 2 aliphatic rings. The normalized spacial score (nSPS) is 20.8. The molecule has 0 saturated carbocycles. The Morgan fingerprint density at radius 1 is 0.947 bits per heavy atom. The fourth-order valence-corrected chi connectivity index (χ4v) is 5.06. The minimum atomic E-state index is -5.35. The molecular formula is C27H27F3N2O6. The number of allylic oxidation sites excluding steroid dienone is 1. The molecule has 0 aromatic heterocycles. The first-order valence-corrected chi connectivity index (χ1v) is 11.7. The van der Waals surface area contributed by atoms with E-state index in [9.17, 15) is 14.4 Å². The van der Waals surface area contributed by atoms with E-state index in [2.05, 4.69) is 0 Å². The van der Waals surface area contributed by atoms with Crippen molar-refractivity contribution in [1.82, 2.24) is 5.32 Å². The summed E-state index contributed by atoms with van der Waals surface area (Å²) in [6.45, 7) is 3.48. The molecule has 2 aromatic carbocycles. The zero-order valence-corrected chi connectivity index (χ0v) is 21.5. The van der Waals surface area contributed by atoms with Crippen LogP contribution in [0.2, 0.25) is 0 Å². The summed E-state index contributed by atoms with van der Waals surface area (Å²) in [6, 6.07) is 10.1. The predicted molar refractivity (Wildman–Crippen MR) is 131 cm³/mol. The van der Waals surface area contributed by atoms with Gasteiger partial charge in [-0.2, -0.15) is 13.2 Å². The zero-order chi connectivity index (χ0) is 28.0. The summed E-state index contributed by atoms with van der Waals surface area (Å²) in [5.74, 6) is -3.42. The van der Waals surface area contributed by atoms with E-state index in [1.807, 2.05) is 5.32 Å². The van der Waals surface area contributed by atoms with Crippen LogP contribution in [0.3, 0.4) is 0 Å². The molecule has 0 bridgehead atoms. The molecular weight excluding hydrogens is 505 g/mol. The number of carbonyl (C=O) groups excluding carboxylic acids is 3. The lowest BCUT2D eigenvalue weighted by molar-refractivity contribution is -0.186. The molecule has 1 aliphatic heterocycles. The number of hydrogen-bond acceptors (Lipinski definition) is 6. The molecule has 4 rings (SSSR count). The van der Waals surface area contributed by atoms with Crippen molar-refractivity contribution in [2.45, 2.75) is 38.4 Å². The number of nitrogens with zero attached hydrogens (tertiary/aromatic N) is 1. The maximum absolute atomic E-state index is 15.1. The number of carbonyl (C=O) groups is 3. The van der Waals surface area contributed by atoms with Crippen molar-refractivity contribution in [3.8, 4) is 17.2 Å². The number of alkyl halides is 3. The highest BCUT2D eigenvalue weighted by Crippen LogP contribution is 2.53. The third kappa shape index (κ3) is 4.15. The quantitative estimate of drug-likeness (QED) is 0.592. The SMILES string of the molecule is COc1cc(C(=O)N[C@]2(C(F)(F)F)C(=O)N(c3ccccc3)C3=C2C(=O)CC(C)(C)C3)cc(OC)c1OC. The lowest BCUT2D eigenvalue weighted by Gasteiger charge is -2.35. The van der Waals surface area contributed by atoms with Gasteiger partial charge in [-0.15, -0.1) is 0 Å². The average Bonchev–Trinajstić information content (AvgIpc) is 3.10. The second-order valence-corrected chi connectivity index (χ2v) is 9.85. The minimum absolute atomic E-state index is 0.0204. The summed E-state index contributed by atoms with van der Waals surface area (Å²) >= 11 is 0. The summed E-state index contributed by atoms with van der Waals surface area (Å²) in [5, 5.41) is 1.91. The van der Waals surface area contributed by atoms with Crippen LogP contribution in [0.1, 0.15) is 37.0 Å². The van der Waals surface area contributed by atoms with E-state index in [4.69, 9.17) is 14.2 Å². The van der Waals surface area contributed by atoms with Gasteiger partial charge >= 0.3 is 6.18 Å². The molecule has 1 aliphatic carbocycles. The molecule has 8 nitrogen and oxygen atoms in total. The van der Waals surface area contributed by atoms with E-state index in [0.29, 0.717) is 0 Å². The van der Waals surface area contributed by atoms with Gasteiger partial charge in [0.25, 0.3) is 11.8 Å². The van der Waals surface area contributed by atoms with Gasteiger partial charge in [-0.3, -0.25) is 19.3 Å². The number of nitrogens with one attached hydrogen (secondary N) is 1. The number of benzene rings is 2. The number of amides is 2. The summed E-state index contributed by atoms with van der Waals surface area (Å²) in [6.07, 6.45) is -5.55. The van der Waals surface area contributed by atoms with Gasteiger partial charge < -0.3 is 19.5 Å². The number of para-hydroxylation sites is 1. The number of ether oxygens (including phenoxy) is 3. The number of anilines is 1. The first-order valence-electron chi connectivity index (χ1n) is 11.7. The first-order chi connectivity index (χ1) is 17.8. The molecule has 38 heavy (non-hydrogen) atoms. The molecule has 0 radical (unpaired) electrons. The van der Waals surface area contributed by atoms with Crippen LogP contribution in [0.4, 0.5) is 18.9 Å². The molecule has 0 fully saturated rings. The van der Waals surface area contributed by atoms with Crippen LogP contribution in [-0.4, -0.2) is 50.6 Å². The van der Waals surface area contributed by atoms with Crippen molar-refractivity contribution in [3.05, 3.63) is 59.3 Å². The van der Waals surface area contributed by atoms with Crippen LogP contribution < -0.4 is 24.4 Å². The number of ketones is 1. The van der Waals surface area contributed by atoms with Gasteiger partial charge in [-0.1, -0.05) is 32.0 Å². The van der Waals surface area contributed by atoms with Gasteiger partial charge in [-0.25, -0.2) is 0 Å². The molecule has 11 heteroatoms. The highest BCUT2D eigenvalue weighted by Gasteiger charge is 2.72. The Balaban J connectivity index is 1.92. The second-order valence-electron chi connectivity index (χ2n) is 9.85. The maximum Gasteiger partial charge on any atom is 0.425 e. The van der Waals surface area contributed by atoms with E-state index >= 15 is 13.2 Å². The lowest BCUT2D eigenvalue weighted by Crippen LogP contribution is -2.66. The van der Waals surface area contributed by atoms with Crippen molar-refractivity contribution in [3.63, 3.8) is 0 Å². The maximum atomic E-state index is 15.1. The minimum Gasteiger partial charge on any atom is -0.493 e. The van der Waals surface area contributed by atoms with Crippen molar-refractivity contribution in [2.75, 3.05) is 26.2 Å². The summed E-state index contributed by atoms with van der Waals surface area (Å²) in [5.41, 5.74) is -5.28. The summed E-state index contributed by atoms with van der Waals surface area (Å²) < 4.78 is 60.8. The standard InChI is InChI=1S/C27H27F3N2O6/c1-25(2)13-17-21(18(33)14-25)26(27(28,29)30,24(35)32(17)16-9-7-6-8-10-16)31-23(34)15-11-19(36-3)22(38-5)20(12-15)37-4/h6-12H,13-14H2,1-5H3,(H,31,34)/t26-/m0/s1. The monoisotopic (exact) mass is 532 g/mol. The van der Waals surface area contributed by atoms with E-state index in [1.165, 1.54) is 33.5 Å². The predicted octanol–water partition coefficient (Wildman–Crippen LogP) is 4.43. The van der Waals surface area contributed by atoms with E-state index in [1.54, 1.807) is 32.0 Å². The average molecular weight is 533 g/mol. The summed E-state index contributed by atoms with van der Waals surface area (Å²) in [7, 11) is 3.90. The van der Waals surface area contributed by atoms with Crippen LogP contribution in [0.25, 0.3) is 0 Å². The Morgan fingerprint density at radius 3 is 2.03 bits per heavy atom. The van der Waals surface area contributed by atoms with E-state index < -0.39 is 40.3 Å². The van der Waals surface area contributed by atoms with Crippen LogP contribution in [-0.2, 0) is 9.59 Å². The lowest BCUT2D eigenvalue weighted by atomic mass is 9.72. The second kappa shape index (κ2) is 9.38. The molecule has 0 saturated heterocycles. The van der Waals surface area contributed by atoms with Crippen molar-refractivity contribution >= 4 is 23.3 Å². The fraction of sp³-hybridized carbons (Fsp3) is 0.370. The van der Waals surface area contributed by atoms with Crippen LogP contribution in [0.5, 0.6) is 17.2 Å². The third-order valence-corrected chi connectivity index (χ3v) is 6.69. The van der Waals surface area contributed by atoms with Crippen molar-refractivity contribution < 1.29 is 41.8 Å². The zero-order valence-electron chi connectivity index (χ0n) is 21.5. The van der Waals surface area contributed by atoms with Crippen LogP contribution in [0, 0.1) is 5.41 Å². The van der Waals surface area contributed by atoms with Gasteiger partial charge in [0.15, 0.2) is 17.3 Å². The molecule has 2 aromatic rings. The van der Waals surface area contributed by atoms with Gasteiger partial charge in [0.1, 0.15) is 0 Å². The van der Waals surface area contributed by atoms with Crippen molar-refractivity contribution in [2.24, 2.45) is 5.41 Å². The van der Waals surface area contributed by atoms with Gasteiger partial charge in [0.2, 0.25) is 11.3 Å². The Kier molecular flexibility index (Phi) is 6.67.